The fraction of sp³-hybridized carbons (Fsp3) is 0.143. The molecule has 0 aromatic carbocycles. The van der Waals surface area contributed by atoms with Crippen molar-refractivity contribution < 1.29 is 14.4 Å². The molecule has 0 atom stereocenters. The van der Waals surface area contributed by atoms with Gasteiger partial charge in [0, 0.05) is 12.1 Å². The third kappa shape index (κ3) is 2.25. The predicted octanol–water partition coefficient (Wildman–Crippen LogP) is 1.08. The molecule has 58 valence electrons. The Morgan fingerprint density at radius 2 is 2.55 bits per heavy atom. The Morgan fingerprint density at radius 1 is 1.82 bits per heavy atom. The smallest absolute Gasteiger partial charge is 0.328 e. The molecule has 0 bridgehead atoms. The number of aliphatic carboxylic acids is 1. The maximum absolute atomic E-state index is 10.0. The molecule has 1 N–H and O–H groups in total. The molecule has 11 heavy (non-hydrogen) atoms. The Morgan fingerprint density at radius 3 is 3.00 bits per heavy atom. The van der Waals surface area contributed by atoms with E-state index in [9.17, 15) is 4.79 Å². The summed E-state index contributed by atoms with van der Waals surface area (Å²) in [6.07, 6.45) is 2.39. The van der Waals surface area contributed by atoms with E-state index >= 15 is 0 Å². The second kappa shape index (κ2) is 3.01. The number of aryl methyl sites for hydroxylation is 1. The highest BCUT2D eigenvalue weighted by Crippen LogP contribution is 2.02. The average molecular weight is 153 g/mol. The van der Waals surface area contributed by atoms with Gasteiger partial charge in [-0.05, 0) is 13.0 Å². The summed E-state index contributed by atoms with van der Waals surface area (Å²) in [5.74, 6) is -0.333. The van der Waals surface area contributed by atoms with Crippen molar-refractivity contribution in [2.45, 2.75) is 6.92 Å². The summed E-state index contributed by atoms with van der Waals surface area (Å²) in [6.45, 7) is 1.74. The topological polar surface area (TPSA) is 63.3 Å². The van der Waals surface area contributed by atoms with Crippen molar-refractivity contribution in [2.24, 2.45) is 0 Å². The molecule has 1 heterocycles. The van der Waals surface area contributed by atoms with Gasteiger partial charge in [-0.3, -0.25) is 0 Å². The summed E-state index contributed by atoms with van der Waals surface area (Å²) in [7, 11) is 0. The van der Waals surface area contributed by atoms with Crippen molar-refractivity contribution in [3.05, 3.63) is 23.6 Å². The lowest BCUT2D eigenvalue weighted by atomic mass is 10.3. The van der Waals surface area contributed by atoms with Crippen molar-refractivity contribution in [1.82, 2.24) is 5.16 Å². The molecule has 0 saturated heterocycles. The molecule has 0 fully saturated rings. The van der Waals surface area contributed by atoms with Crippen LogP contribution in [0.25, 0.3) is 6.08 Å². The van der Waals surface area contributed by atoms with E-state index in [1.807, 2.05) is 0 Å². The lowest BCUT2D eigenvalue weighted by Crippen LogP contribution is -1.85. The molecule has 1 aromatic rings. The van der Waals surface area contributed by atoms with Gasteiger partial charge in [0.25, 0.3) is 0 Å². The van der Waals surface area contributed by atoms with Crippen LogP contribution in [0.4, 0.5) is 0 Å². The minimum Gasteiger partial charge on any atom is -0.478 e. The molecule has 1 aromatic heterocycles. The van der Waals surface area contributed by atoms with Crippen LogP contribution < -0.4 is 0 Å². The van der Waals surface area contributed by atoms with Crippen LogP contribution in [0.15, 0.2) is 16.7 Å². The van der Waals surface area contributed by atoms with Gasteiger partial charge in [0.05, 0.1) is 0 Å². The van der Waals surface area contributed by atoms with E-state index in [1.54, 1.807) is 13.0 Å². The zero-order chi connectivity index (χ0) is 8.27. The number of carboxylic acid groups (broad SMARTS) is 1. The van der Waals surface area contributed by atoms with E-state index in [0.717, 1.165) is 6.08 Å². The molecule has 0 amide bonds. The molecule has 0 spiro atoms. The van der Waals surface area contributed by atoms with Crippen LogP contribution in [-0.4, -0.2) is 16.2 Å². The van der Waals surface area contributed by atoms with Crippen molar-refractivity contribution >= 4 is 12.0 Å². The minimum atomic E-state index is -0.995. The van der Waals surface area contributed by atoms with Crippen molar-refractivity contribution in [2.75, 3.05) is 0 Å². The van der Waals surface area contributed by atoms with Gasteiger partial charge >= 0.3 is 5.97 Å². The zero-order valence-electron chi connectivity index (χ0n) is 5.94. The van der Waals surface area contributed by atoms with Crippen molar-refractivity contribution in [3.8, 4) is 0 Å². The Labute approximate surface area is 63.1 Å². The largest absolute Gasteiger partial charge is 0.478 e. The molecule has 0 aliphatic rings. The summed E-state index contributed by atoms with van der Waals surface area (Å²) in [6, 6.07) is 1.65. The van der Waals surface area contributed by atoms with Crippen molar-refractivity contribution in [3.63, 3.8) is 0 Å². The molecule has 0 saturated carbocycles. The quantitative estimate of drug-likeness (QED) is 0.645. The first-order valence-corrected chi connectivity index (χ1v) is 3.03. The molecule has 4 nitrogen and oxygen atoms in total. The standard InChI is InChI=1S/C7H7NO3/c1-5-4-6(8-11-5)2-3-7(9)10/h2-4H,1H3,(H,9,10). The first kappa shape index (κ1) is 7.53. The van der Waals surface area contributed by atoms with Crippen LogP contribution in [0, 0.1) is 6.92 Å². The van der Waals surface area contributed by atoms with Gasteiger partial charge in [0.1, 0.15) is 11.5 Å². The predicted molar refractivity (Wildman–Crippen MR) is 37.9 cm³/mol. The highest BCUT2D eigenvalue weighted by Gasteiger charge is 1.94. The summed E-state index contributed by atoms with van der Waals surface area (Å²) < 4.78 is 4.70. The second-order valence-corrected chi connectivity index (χ2v) is 2.03. The normalized spacial score (nSPS) is 10.6. The first-order valence-electron chi connectivity index (χ1n) is 3.03. The summed E-state index contributed by atoms with van der Waals surface area (Å²) in [4.78, 5) is 10.0. The first-order chi connectivity index (χ1) is 5.18. The number of rotatable bonds is 2. The molecule has 0 aliphatic heterocycles. The summed E-state index contributed by atoms with van der Waals surface area (Å²) >= 11 is 0. The van der Waals surface area contributed by atoms with Gasteiger partial charge in [0.15, 0.2) is 0 Å². The minimum absolute atomic E-state index is 0.518. The number of aromatic nitrogens is 1. The highest BCUT2D eigenvalue weighted by atomic mass is 16.5. The molecular weight excluding hydrogens is 146 g/mol. The Kier molecular flexibility index (Phi) is 2.06. The monoisotopic (exact) mass is 153 g/mol. The van der Waals surface area contributed by atoms with Crippen LogP contribution in [0.5, 0.6) is 0 Å². The number of carbonyl (C=O) groups is 1. The van der Waals surface area contributed by atoms with Crippen LogP contribution in [-0.2, 0) is 4.79 Å². The van der Waals surface area contributed by atoms with E-state index in [1.165, 1.54) is 6.08 Å². The van der Waals surface area contributed by atoms with Gasteiger partial charge < -0.3 is 9.63 Å². The van der Waals surface area contributed by atoms with Crippen LogP contribution >= 0.6 is 0 Å². The van der Waals surface area contributed by atoms with Gasteiger partial charge in [-0.15, -0.1) is 0 Å². The SMILES string of the molecule is Cc1cc(C=CC(=O)O)no1. The van der Waals surface area contributed by atoms with E-state index < -0.39 is 5.97 Å². The maximum atomic E-state index is 10.0. The number of hydrogen-bond acceptors (Lipinski definition) is 3. The number of nitrogens with zero attached hydrogens (tertiary/aromatic N) is 1. The van der Waals surface area contributed by atoms with Gasteiger partial charge in [0.2, 0.25) is 0 Å². The lowest BCUT2D eigenvalue weighted by Gasteiger charge is -1.76. The lowest BCUT2D eigenvalue weighted by molar-refractivity contribution is -0.131. The zero-order valence-corrected chi connectivity index (χ0v) is 5.94. The van der Waals surface area contributed by atoms with Crippen LogP contribution in [0.2, 0.25) is 0 Å². The summed E-state index contributed by atoms with van der Waals surface area (Å²) in [5.41, 5.74) is 0.518. The van der Waals surface area contributed by atoms with Gasteiger partial charge in [-0.1, -0.05) is 5.16 Å². The Bertz CT molecular complexity index is 288. The third-order valence-electron chi connectivity index (χ3n) is 1.04. The molecular formula is C7H7NO3. The Hall–Kier alpha value is -1.58. The van der Waals surface area contributed by atoms with E-state index in [4.69, 9.17) is 9.63 Å². The summed E-state index contributed by atoms with van der Waals surface area (Å²) in [5, 5.41) is 11.8. The Balaban J connectivity index is 2.71. The van der Waals surface area contributed by atoms with E-state index in [-0.39, 0.29) is 0 Å². The molecule has 0 aliphatic carbocycles. The number of carboxylic acids is 1. The second-order valence-electron chi connectivity index (χ2n) is 2.03. The molecule has 0 radical (unpaired) electrons. The number of hydrogen-bond donors (Lipinski definition) is 1. The molecule has 4 heteroatoms. The van der Waals surface area contributed by atoms with Crippen molar-refractivity contribution in [1.29, 1.82) is 0 Å². The third-order valence-corrected chi connectivity index (χ3v) is 1.04. The molecule has 1 rings (SSSR count). The van der Waals surface area contributed by atoms with E-state index in [0.29, 0.717) is 11.5 Å². The maximum Gasteiger partial charge on any atom is 0.328 e. The fourth-order valence-corrected chi connectivity index (χ4v) is 0.621. The van der Waals surface area contributed by atoms with Crippen LogP contribution in [0.1, 0.15) is 11.5 Å². The molecule has 0 unspecified atom stereocenters. The van der Waals surface area contributed by atoms with Crippen LogP contribution in [0.3, 0.4) is 0 Å². The van der Waals surface area contributed by atoms with E-state index in [2.05, 4.69) is 5.16 Å². The highest BCUT2D eigenvalue weighted by molar-refractivity contribution is 5.84. The fourth-order valence-electron chi connectivity index (χ4n) is 0.621. The van der Waals surface area contributed by atoms with Gasteiger partial charge in [-0.25, -0.2) is 4.79 Å². The average Bonchev–Trinajstić information content (AvgIpc) is 2.31. The van der Waals surface area contributed by atoms with Gasteiger partial charge in [-0.2, -0.15) is 0 Å².